The lowest BCUT2D eigenvalue weighted by Gasteiger charge is -2.18. The average molecular weight is 348 g/mol. The number of aliphatic carboxylic acids is 1. The fourth-order valence-electron chi connectivity index (χ4n) is 2.92. The number of rotatable bonds is 6. The molecule has 3 rings (SSSR count). The van der Waals surface area contributed by atoms with Crippen molar-refractivity contribution in [2.24, 2.45) is 0 Å². The van der Waals surface area contributed by atoms with E-state index in [0.717, 1.165) is 11.3 Å². The number of amides is 2. The first kappa shape index (κ1) is 17.2. The molecule has 1 aromatic rings. The first-order valence-corrected chi connectivity index (χ1v) is 8.24. The van der Waals surface area contributed by atoms with Gasteiger partial charge in [-0.2, -0.15) is 0 Å². The predicted octanol–water partition coefficient (Wildman–Crippen LogP) is 0.698. The van der Waals surface area contributed by atoms with Crippen LogP contribution in [0.15, 0.2) is 18.2 Å². The molecule has 0 spiro atoms. The third-order valence-corrected chi connectivity index (χ3v) is 4.23. The summed E-state index contributed by atoms with van der Waals surface area (Å²) in [5.41, 5.74) is 1.84. The fraction of sp³-hybridized carbons (Fsp3) is 0.471. The molecule has 0 radical (unpaired) electrons. The molecule has 1 fully saturated rings. The van der Waals surface area contributed by atoms with Crippen molar-refractivity contribution in [3.8, 4) is 5.75 Å². The molecule has 3 N–H and O–H groups in total. The summed E-state index contributed by atoms with van der Waals surface area (Å²) in [6, 6.07) is 5.46. The first-order chi connectivity index (χ1) is 12.0. The molecule has 2 amide bonds. The van der Waals surface area contributed by atoms with Gasteiger partial charge in [-0.3, -0.25) is 9.59 Å². The SMILES string of the molecule is O=C1CCc2cc(OCCNC(=O)[C@H]3CC[C@@H](C(=O)O)O3)ccc2N1. The van der Waals surface area contributed by atoms with Gasteiger partial charge in [-0.15, -0.1) is 0 Å². The van der Waals surface area contributed by atoms with Crippen LogP contribution in [0.3, 0.4) is 0 Å². The van der Waals surface area contributed by atoms with Crippen LogP contribution in [0.2, 0.25) is 0 Å². The van der Waals surface area contributed by atoms with Gasteiger partial charge in [0.05, 0.1) is 6.54 Å². The average Bonchev–Trinajstić information content (AvgIpc) is 3.09. The minimum atomic E-state index is -1.04. The van der Waals surface area contributed by atoms with Gasteiger partial charge in [-0.1, -0.05) is 0 Å². The quantitative estimate of drug-likeness (QED) is 0.652. The number of carbonyl (C=O) groups is 3. The number of ether oxygens (including phenoxy) is 2. The molecule has 8 nitrogen and oxygen atoms in total. The van der Waals surface area contributed by atoms with Crippen LogP contribution in [-0.2, 0) is 25.5 Å². The first-order valence-electron chi connectivity index (χ1n) is 8.24. The van der Waals surface area contributed by atoms with Gasteiger partial charge in [-0.05, 0) is 43.0 Å². The molecule has 0 bridgehead atoms. The molecule has 1 saturated heterocycles. The highest BCUT2D eigenvalue weighted by Gasteiger charge is 2.34. The molecule has 0 saturated carbocycles. The summed E-state index contributed by atoms with van der Waals surface area (Å²) in [5, 5.41) is 14.3. The summed E-state index contributed by atoms with van der Waals surface area (Å²) in [6.45, 7) is 0.580. The van der Waals surface area contributed by atoms with E-state index < -0.39 is 18.2 Å². The van der Waals surface area contributed by atoms with Crippen molar-refractivity contribution in [2.75, 3.05) is 18.5 Å². The zero-order valence-electron chi connectivity index (χ0n) is 13.6. The number of hydrogen-bond donors (Lipinski definition) is 3. The fourth-order valence-corrected chi connectivity index (χ4v) is 2.92. The van der Waals surface area contributed by atoms with Crippen molar-refractivity contribution < 1.29 is 29.0 Å². The number of hydrogen-bond acceptors (Lipinski definition) is 5. The van der Waals surface area contributed by atoms with Crippen molar-refractivity contribution in [3.05, 3.63) is 23.8 Å². The number of carboxylic acid groups (broad SMARTS) is 1. The highest BCUT2D eigenvalue weighted by atomic mass is 16.5. The second-order valence-electron chi connectivity index (χ2n) is 6.04. The van der Waals surface area contributed by atoms with E-state index >= 15 is 0 Å². The van der Waals surface area contributed by atoms with Crippen LogP contribution in [0.4, 0.5) is 5.69 Å². The van der Waals surface area contributed by atoms with Crippen LogP contribution < -0.4 is 15.4 Å². The van der Waals surface area contributed by atoms with Crippen molar-refractivity contribution in [3.63, 3.8) is 0 Å². The highest BCUT2D eigenvalue weighted by molar-refractivity contribution is 5.94. The van der Waals surface area contributed by atoms with E-state index in [0.29, 0.717) is 38.0 Å². The molecule has 2 aliphatic heterocycles. The van der Waals surface area contributed by atoms with Gasteiger partial charge in [0.1, 0.15) is 18.5 Å². The summed E-state index contributed by atoms with van der Waals surface area (Å²) >= 11 is 0. The second kappa shape index (κ2) is 7.52. The molecule has 8 heteroatoms. The largest absolute Gasteiger partial charge is 0.492 e. The van der Waals surface area contributed by atoms with Crippen molar-refractivity contribution in [1.82, 2.24) is 5.32 Å². The maximum Gasteiger partial charge on any atom is 0.332 e. The van der Waals surface area contributed by atoms with Gasteiger partial charge in [0.2, 0.25) is 11.8 Å². The van der Waals surface area contributed by atoms with Crippen molar-refractivity contribution in [2.45, 2.75) is 37.9 Å². The lowest BCUT2D eigenvalue weighted by atomic mass is 10.0. The Bertz CT molecular complexity index is 690. The molecule has 134 valence electrons. The van der Waals surface area contributed by atoms with Gasteiger partial charge in [0.25, 0.3) is 0 Å². The molecule has 2 heterocycles. The number of nitrogens with one attached hydrogen (secondary N) is 2. The Morgan fingerprint density at radius 3 is 2.84 bits per heavy atom. The van der Waals surface area contributed by atoms with Crippen LogP contribution in [-0.4, -0.2) is 48.2 Å². The molecule has 2 atom stereocenters. The maximum atomic E-state index is 11.9. The molecule has 0 aromatic heterocycles. The second-order valence-corrected chi connectivity index (χ2v) is 6.04. The summed E-state index contributed by atoms with van der Waals surface area (Å²) in [6.07, 6.45) is 0.274. The van der Waals surface area contributed by atoms with E-state index in [1.165, 1.54) is 0 Å². The third-order valence-electron chi connectivity index (χ3n) is 4.23. The van der Waals surface area contributed by atoms with Gasteiger partial charge < -0.3 is 25.2 Å². The third kappa shape index (κ3) is 4.27. The van der Waals surface area contributed by atoms with E-state index in [4.69, 9.17) is 14.6 Å². The van der Waals surface area contributed by atoms with E-state index in [1.807, 2.05) is 6.07 Å². The Kier molecular flexibility index (Phi) is 5.18. The normalized spacial score (nSPS) is 22.0. The van der Waals surface area contributed by atoms with Crippen LogP contribution in [0.25, 0.3) is 0 Å². The summed E-state index contributed by atoms with van der Waals surface area (Å²) < 4.78 is 10.8. The monoisotopic (exact) mass is 348 g/mol. The van der Waals surface area contributed by atoms with Gasteiger partial charge in [0.15, 0.2) is 6.10 Å². The van der Waals surface area contributed by atoms with Crippen molar-refractivity contribution >= 4 is 23.5 Å². The van der Waals surface area contributed by atoms with Crippen LogP contribution in [0.1, 0.15) is 24.8 Å². The maximum absolute atomic E-state index is 11.9. The molecule has 25 heavy (non-hydrogen) atoms. The number of aryl methyl sites for hydroxylation is 1. The van der Waals surface area contributed by atoms with E-state index in [1.54, 1.807) is 12.1 Å². The summed E-state index contributed by atoms with van der Waals surface area (Å²) in [7, 11) is 0. The van der Waals surface area contributed by atoms with E-state index in [9.17, 15) is 14.4 Å². The number of carboxylic acids is 1. The standard InChI is InChI=1S/C17H20N2O6/c20-15-6-1-10-9-11(2-3-12(10)19-15)24-8-7-18-16(21)13-4-5-14(25-13)17(22)23/h2-3,9,13-14H,1,4-8H2,(H,18,21)(H,19,20)(H,22,23)/t13-,14+/m1/s1. The van der Waals surface area contributed by atoms with E-state index in [-0.39, 0.29) is 18.4 Å². The Balaban J connectivity index is 1.41. The minimum Gasteiger partial charge on any atom is -0.492 e. The number of fused-ring (bicyclic) bond motifs is 1. The van der Waals surface area contributed by atoms with Crippen LogP contribution >= 0.6 is 0 Å². The Morgan fingerprint density at radius 2 is 2.08 bits per heavy atom. The summed E-state index contributed by atoms with van der Waals surface area (Å²) in [4.78, 5) is 34.1. The van der Waals surface area contributed by atoms with Crippen LogP contribution in [0.5, 0.6) is 5.75 Å². The smallest absolute Gasteiger partial charge is 0.332 e. The van der Waals surface area contributed by atoms with Crippen molar-refractivity contribution in [1.29, 1.82) is 0 Å². The number of benzene rings is 1. The summed E-state index contributed by atoms with van der Waals surface area (Å²) in [5.74, 6) is -0.668. The number of anilines is 1. The van der Waals surface area contributed by atoms with Crippen LogP contribution in [0, 0.1) is 0 Å². The van der Waals surface area contributed by atoms with Gasteiger partial charge >= 0.3 is 5.97 Å². The Labute approximate surface area is 144 Å². The van der Waals surface area contributed by atoms with E-state index in [2.05, 4.69) is 10.6 Å². The van der Waals surface area contributed by atoms with Gasteiger partial charge in [-0.25, -0.2) is 4.79 Å². The topological polar surface area (TPSA) is 114 Å². The molecular formula is C17H20N2O6. The molecule has 0 unspecified atom stereocenters. The van der Waals surface area contributed by atoms with Gasteiger partial charge in [0, 0.05) is 12.1 Å². The lowest BCUT2D eigenvalue weighted by molar-refractivity contribution is -0.151. The lowest BCUT2D eigenvalue weighted by Crippen LogP contribution is -2.37. The predicted molar refractivity (Wildman–Crippen MR) is 87.4 cm³/mol. The highest BCUT2D eigenvalue weighted by Crippen LogP contribution is 2.26. The zero-order chi connectivity index (χ0) is 17.8. The zero-order valence-corrected chi connectivity index (χ0v) is 13.6. The molecule has 0 aliphatic carbocycles. The Hall–Kier alpha value is -2.61. The number of carbonyl (C=O) groups excluding carboxylic acids is 2. The minimum absolute atomic E-state index is 0.0168. The molecular weight excluding hydrogens is 328 g/mol. The molecule has 2 aliphatic rings. The molecule has 1 aromatic carbocycles. The Morgan fingerprint density at radius 1 is 1.28 bits per heavy atom.